The Kier molecular flexibility index (Phi) is 4.55. The quantitative estimate of drug-likeness (QED) is 0.873. The molecule has 2 rings (SSSR count). The Balaban J connectivity index is 2.09. The van der Waals surface area contributed by atoms with Crippen molar-refractivity contribution in [2.75, 3.05) is 18.4 Å². The first kappa shape index (κ1) is 15.1. The van der Waals surface area contributed by atoms with Crippen molar-refractivity contribution in [2.45, 2.75) is 38.7 Å². The van der Waals surface area contributed by atoms with Crippen LogP contribution in [-0.2, 0) is 4.74 Å². The topological polar surface area (TPSA) is 50.4 Å². The second kappa shape index (κ2) is 6.02. The fraction of sp³-hybridized carbons (Fsp3) is 0.533. The lowest BCUT2D eigenvalue weighted by Crippen LogP contribution is -2.27. The highest BCUT2D eigenvalue weighted by Crippen LogP contribution is 2.31. The van der Waals surface area contributed by atoms with E-state index >= 15 is 0 Å². The molecule has 5 heteroatoms. The van der Waals surface area contributed by atoms with Gasteiger partial charge in [0, 0.05) is 17.3 Å². The lowest BCUT2D eigenvalue weighted by molar-refractivity contribution is 0.0636. The molecule has 0 aromatic heterocycles. The van der Waals surface area contributed by atoms with Crippen molar-refractivity contribution >= 4 is 23.4 Å². The van der Waals surface area contributed by atoms with Gasteiger partial charge in [-0.25, -0.2) is 4.79 Å². The number of ether oxygens (including phenoxy) is 1. The summed E-state index contributed by atoms with van der Waals surface area (Å²) >= 11 is 6.25. The van der Waals surface area contributed by atoms with Gasteiger partial charge in [0.05, 0.1) is 0 Å². The average molecular weight is 297 g/mol. The second-order valence-corrected chi connectivity index (χ2v) is 6.46. The number of carbonyl (C=O) groups is 1. The normalized spacial score (nSPS) is 18.9. The second-order valence-electron chi connectivity index (χ2n) is 6.05. The Labute approximate surface area is 124 Å². The standard InChI is InChI=1S/C15H21ClN2O2/c1-15(2,3)20-14(19)18-11-4-5-13(16)12(8-11)10-6-7-17-9-10/h4-5,8,10,17H,6-7,9H2,1-3H3,(H,18,19). The molecule has 1 heterocycles. The first-order valence-electron chi connectivity index (χ1n) is 6.85. The molecule has 1 aromatic rings. The number of anilines is 1. The van der Waals surface area contributed by atoms with Gasteiger partial charge in [-0.05, 0) is 63.4 Å². The van der Waals surface area contributed by atoms with Crippen LogP contribution in [0.1, 0.15) is 38.7 Å². The van der Waals surface area contributed by atoms with E-state index in [0.29, 0.717) is 11.6 Å². The molecule has 110 valence electrons. The van der Waals surface area contributed by atoms with Crippen LogP contribution in [0.3, 0.4) is 0 Å². The molecule has 1 aliphatic heterocycles. The van der Waals surface area contributed by atoms with Gasteiger partial charge in [0.25, 0.3) is 0 Å². The summed E-state index contributed by atoms with van der Waals surface area (Å²) in [4.78, 5) is 11.8. The number of hydrogen-bond donors (Lipinski definition) is 2. The zero-order valence-corrected chi connectivity index (χ0v) is 12.9. The highest BCUT2D eigenvalue weighted by atomic mass is 35.5. The summed E-state index contributed by atoms with van der Waals surface area (Å²) in [5.74, 6) is 0.405. The molecule has 1 aliphatic rings. The summed E-state index contributed by atoms with van der Waals surface area (Å²) in [5, 5.41) is 6.81. The molecule has 20 heavy (non-hydrogen) atoms. The van der Waals surface area contributed by atoms with Crippen molar-refractivity contribution in [3.05, 3.63) is 28.8 Å². The van der Waals surface area contributed by atoms with E-state index in [2.05, 4.69) is 10.6 Å². The Morgan fingerprint density at radius 3 is 2.80 bits per heavy atom. The molecule has 0 saturated carbocycles. The third-order valence-electron chi connectivity index (χ3n) is 3.14. The Morgan fingerprint density at radius 1 is 1.45 bits per heavy atom. The smallest absolute Gasteiger partial charge is 0.412 e. The minimum Gasteiger partial charge on any atom is -0.444 e. The van der Waals surface area contributed by atoms with Gasteiger partial charge >= 0.3 is 6.09 Å². The maximum Gasteiger partial charge on any atom is 0.412 e. The summed E-state index contributed by atoms with van der Waals surface area (Å²) in [5.41, 5.74) is 1.28. The molecule has 1 saturated heterocycles. The maximum atomic E-state index is 11.8. The maximum absolute atomic E-state index is 11.8. The summed E-state index contributed by atoms with van der Waals surface area (Å²) in [6, 6.07) is 5.55. The fourth-order valence-electron chi connectivity index (χ4n) is 2.28. The van der Waals surface area contributed by atoms with Crippen molar-refractivity contribution in [2.24, 2.45) is 0 Å². The summed E-state index contributed by atoms with van der Waals surface area (Å²) in [6.45, 7) is 7.44. The van der Waals surface area contributed by atoms with E-state index in [4.69, 9.17) is 16.3 Å². The van der Waals surface area contributed by atoms with E-state index in [0.717, 1.165) is 30.1 Å². The highest BCUT2D eigenvalue weighted by molar-refractivity contribution is 6.31. The predicted octanol–water partition coefficient (Wildman–Crippen LogP) is 3.76. The molecule has 0 radical (unpaired) electrons. The minimum absolute atomic E-state index is 0.405. The van der Waals surface area contributed by atoms with Gasteiger partial charge in [-0.1, -0.05) is 11.6 Å². The average Bonchev–Trinajstić information content (AvgIpc) is 2.82. The van der Waals surface area contributed by atoms with Crippen LogP contribution in [0.2, 0.25) is 5.02 Å². The molecule has 0 aliphatic carbocycles. The first-order valence-corrected chi connectivity index (χ1v) is 7.23. The summed E-state index contributed by atoms with van der Waals surface area (Å²) < 4.78 is 5.24. The number of hydrogen-bond acceptors (Lipinski definition) is 3. The highest BCUT2D eigenvalue weighted by Gasteiger charge is 2.20. The van der Waals surface area contributed by atoms with E-state index in [1.807, 2.05) is 32.9 Å². The van der Waals surface area contributed by atoms with E-state index in [1.165, 1.54) is 0 Å². The van der Waals surface area contributed by atoms with Crippen LogP contribution in [0.25, 0.3) is 0 Å². The number of nitrogens with one attached hydrogen (secondary N) is 2. The van der Waals surface area contributed by atoms with Crippen molar-refractivity contribution in [1.82, 2.24) is 5.32 Å². The molecule has 1 unspecified atom stereocenters. The fourth-order valence-corrected chi connectivity index (χ4v) is 2.55. The van der Waals surface area contributed by atoms with Gasteiger partial charge in [0.2, 0.25) is 0 Å². The molecule has 4 nitrogen and oxygen atoms in total. The molecule has 2 N–H and O–H groups in total. The van der Waals surface area contributed by atoms with Crippen LogP contribution >= 0.6 is 11.6 Å². The Morgan fingerprint density at radius 2 is 2.20 bits per heavy atom. The predicted molar refractivity (Wildman–Crippen MR) is 81.5 cm³/mol. The number of benzene rings is 1. The molecular formula is C15H21ClN2O2. The van der Waals surface area contributed by atoms with E-state index < -0.39 is 11.7 Å². The zero-order valence-electron chi connectivity index (χ0n) is 12.1. The van der Waals surface area contributed by atoms with Gasteiger partial charge in [-0.15, -0.1) is 0 Å². The van der Waals surface area contributed by atoms with E-state index in [9.17, 15) is 4.79 Å². The van der Waals surface area contributed by atoms with Crippen molar-refractivity contribution in [3.8, 4) is 0 Å². The lowest BCUT2D eigenvalue weighted by atomic mass is 9.98. The van der Waals surface area contributed by atoms with Crippen LogP contribution in [0.4, 0.5) is 10.5 Å². The summed E-state index contributed by atoms with van der Waals surface area (Å²) in [7, 11) is 0. The number of halogens is 1. The van der Waals surface area contributed by atoms with Crippen LogP contribution in [0.15, 0.2) is 18.2 Å². The van der Waals surface area contributed by atoms with Gasteiger partial charge in [0.15, 0.2) is 0 Å². The third kappa shape index (κ3) is 4.12. The largest absolute Gasteiger partial charge is 0.444 e. The number of rotatable bonds is 2. The van der Waals surface area contributed by atoms with E-state index in [-0.39, 0.29) is 0 Å². The van der Waals surface area contributed by atoms with Gasteiger partial charge in [-0.2, -0.15) is 0 Å². The lowest BCUT2D eigenvalue weighted by Gasteiger charge is -2.20. The molecular weight excluding hydrogens is 276 g/mol. The van der Waals surface area contributed by atoms with Crippen LogP contribution < -0.4 is 10.6 Å². The Hall–Kier alpha value is -1.26. The number of carbonyl (C=O) groups excluding carboxylic acids is 1. The van der Waals surface area contributed by atoms with Gasteiger partial charge in [0.1, 0.15) is 5.60 Å². The van der Waals surface area contributed by atoms with E-state index in [1.54, 1.807) is 6.07 Å². The molecule has 1 fully saturated rings. The SMILES string of the molecule is CC(C)(C)OC(=O)Nc1ccc(Cl)c(C2CCNC2)c1. The minimum atomic E-state index is -0.505. The van der Waals surface area contributed by atoms with Gasteiger partial charge < -0.3 is 10.1 Å². The number of amides is 1. The van der Waals surface area contributed by atoms with Crippen LogP contribution in [0.5, 0.6) is 0 Å². The van der Waals surface area contributed by atoms with Crippen molar-refractivity contribution < 1.29 is 9.53 Å². The van der Waals surface area contributed by atoms with Crippen molar-refractivity contribution in [1.29, 1.82) is 0 Å². The van der Waals surface area contributed by atoms with Crippen molar-refractivity contribution in [3.63, 3.8) is 0 Å². The van der Waals surface area contributed by atoms with Gasteiger partial charge in [-0.3, -0.25) is 5.32 Å². The van der Waals surface area contributed by atoms with Crippen LogP contribution in [-0.4, -0.2) is 24.8 Å². The Bertz CT molecular complexity index is 491. The molecule has 0 spiro atoms. The van der Waals surface area contributed by atoms with Crippen LogP contribution in [0, 0.1) is 0 Å². The molecule has 1 amide bonds. The third-order valence-corrected chi connectivity index (χ3v) is 3.49. The summed E-state index contributed by atoms with van der Waals surface area (Å²) in [6.07, 6.45) is 0.616. The monoisotopic (exact) mass is 296 g/mol. The molecule has 1 aromatic carbocycles. The molecule has 0 bridgehead atoms. The zero-order chi connectivity index (χ0) is 14.8. The first-order chi connectivity index (χ1) is 9.35. The molecule has 1 atom stereocenters.